The lowest BCUT2D eigenvalue weighted by Gasteiger charge is -2.38. The first-order valence-electron chi connectivity index (χ1n) is 25.8. The van der Waals surface area contributed by atoms with Gasteiger partial charge in [0, 0.05) is 42.8 Å². The first kappa shape index (κ1) is 54.0. The summed E-state index contributed by atoms with van der Waals surface area (Å²) < 4.78 is 65.8. The van der Waals surface area contributed by atoms with Gasteiger partial charge in [-0.3, -0.25) is 24.0 Å². The molecule has 6 heterocycles. The van der Waals surface area contributed by atoms with Gasteiger partial charge in [-0.25, -0.2) is 26.8 Å². The van der Waals surface area contributed by atoms with E-state index in [1.54, 1.807) is 48.5 Å². The Kier molecular flexibility index (Phi) is 16.5. The van der Waals surface area contributed by atoms with Crippen LogP contribution in [-0.4, -0.2) is 125 Å². The zero-order chi connectivity index (χ0) is 53.5. The predicted molar refractivity (Wildman–Crippen MR) is 278 cm³/mol. The number of aromatic nitrogens is 2. The Labute approximate surface area is 440 Å². The van der Waals surface area contributed by atoms with E-state index in [2.05, 4.69) is 31.2 Å². The molecule has 4 aromatic heterocycles. The van der Waals surface area contributed by atoms with Crippen molar-refractivity contribution in [1.82, 2.24) is 39.8 Å². The number of aliphatic hydroxyl groups is 1. The first-order valence-corrected chi connectivity index (χ1v) is 28.7. The van der Waals surface area contributed by atoms with Gasteiger partial charge < -0.3 is 35.2 Å². The fourth-order valence-corrected chi connectivity index (χ4v) is 13.4. The second-order valence-electron chi connectivity index (χ2n) is 20.0. The maximum absolute atomic E-state index is 13.7. The molecule has 4 aliphatic rings. The van der Waals surface area contributed by atoms with Crippen LogP contribution in [0.25, 0.3) is 21.9 Å². The SMILES string of the molecule is O=C(NC1(C(=O)NC2CCCN(S(=O)(=O)c3ccccn3)CC2O)CCCCC1)c1cc2ccccc2o1.O=C(NC1(C(=O)N[C@@H]2CCCN(S(=O)(=O)c3ccccn3)CC2=O)CCCCC1)c1cc2ccccc2o1. The second-order valence-corrected chi connectivity index (χ2v) is 23.7. The monoisotopic (exact) mass is 1080 g/mol. The number of β-amino-alcohol motifs (C(OH)–C–C–N with tert-alkyl or cyclic N) is 1. The molecule has 2 saturated heterocycles. The number of ketones is 1. The molecule has 3 atom stereocenters. The summed E-state index contributed by atoms with van der Waals surface area (Å²) in [6.45, 7) is -0.175. The molecule has 76 heavy (non-hydrogen) atoms. The number of carbonyl (C=O) groups excluding carboxylic acids is 5. The largest absolute Gasteiger partial charge is 0.451 e. The molecule has 10 rings (SSSR count). The Morgan fingerprint density at radius 3 is 1.54 bits per heavy atom. The average Bonchev–Trinajstić information content (AvgIpc) is 4.00. The molecule has 0 bridgehead atoms. The molecule has 6 aromatic rings. The van der Waals surface area contributed by atoms with E-state index < -0.39 is 72.8 Å². The maximum atomic E-state index is 13.7. The number of rotatable bonds is 12. The van der Waals surface area contributed by atoms with E-state index >= 15 is 0 Å². The van der Waals surface area contributed by atoms with E-state index in [0.29, 0.717) is 62.5 Å². The summed E-state index contributed by atoms with van der Waals surface area (Å²) in [6.07, 6.45) is 9.98. The smallest absolute Gasteiger partial charge is 0.287 e. The van der Waals surface area contributed by atoms with Gasteiger partial charge in [-0.2, -0.15) is 8.61 Å². The molecule has 20 nitrogen and oxygen atoms in total. The molecule has 4 amide bonds. The van der Waals surface area contributed by atoms with E-state index in [1.807, 2.05) is 36.4 Å². The summed E-state index contributed by atoms with van der Waals surface area (Å²) in [4.78, 5) is 74.7. The number of benzene rings is 2. The lowest BCUT2D eigenvalue weighted by atomic mass is 9.80. The van der Waals surface area contributed by atoms with Crippen LogP contribution in [-0.2, 0) is 34.4 Å². The topological polar surface area (TPSA) is 281 Å². The minimum absolute atomic E-state index is 0.0795. The number of fused-ring (bicyclic) bond motifs is 2. The Morgan fingerprint density at radius 2 is 1.04 bits per heavy atom. The van der Waals surface area contributed by atoms with Crippen LogP contribution in [0.3, 0.4) is 0 Å². The minimum atomic E-state index is -3.94. The number of nitrogens with zero attached hydrogens (tertiary/aromatic N) is 4. The molecule has 0 spiro atoms. The van der Waals surface area contributed by atoms with Crippen molar-refractivity contribution in [2.24, 2.45) is 0 Å². The number of furan rings is 2. The van der Waals surface area contributed by atoms with Crippen LogP contribution < -0.4 is 21.3 Å². The molecule has 5 N–H and O–H groups in total. The van der Waals surface area contributed by atoms with E-state index in [1.165, 1.54) is 28.8 Å². The van der Waals surface area contributed by atoms with Crippen LogP contribution in [0, 0.1) is 0 Å². The number of pyridine rings is 2. The van der Waals surface area contributed by atoms with Gasteiger partial charge in [0.2, 0.25) is 11.8 Å². The normalized spacial score (nSPS) is 21.5. The quantitative estimate of drug-likeness (QED) is 0.103. The Hall–Kier alpha value is -6.85. The molecule has 2 aromatic carbocycles. The zero-order valence-electron chi connectivity index (χ0n) is 41.9. The number of hydrogen-bond donors (Lipinski definition) is 5. The van der Waals surface area contributed by atoms with Crippen molar-refractivity contribution >= 4 is 71.4 Å². The van der Waals surface area contributed by atoms with Crippen LogP contribution in [0.15, 0.2) is 128 Å². The van der Waals surface area contributed by atoms with Crippen molar-refractivity contribution in [2.45, 2.75) is 129 Å². The molecule has 402 valence electrons. The Bertz CT molecular complexity index is 3220. The van der Waals surface area contributed by atoms with E-state index in [9.17, 15) is 45.9 Å². The van der Waals surface area contributed by atoms with Gasteiger partial charge in [-0.15, -0.1) is 0 Å². The summed E-state index contributed by atoms with van der Waals surface area (Å²) in [5.41, 5.74) is -1.15. The summed E-state index contributed by atoms with van der Waals surface area (Å²) >= 11 is 0. The van der Waals surface area contributed by atoms with E-state index in [0.717, 1.165) is 53.6 Å². The standard InChI is InChI=1S/C27H32N4O6S.C27H30N4O6S/c2*32-21-18-31(38(35,36)24-12-4-7-15-28-24)16-8-10-20(21)29-26(34)27(13-5-1-6-14-27)30-25(33)23-17-19-9-2-3-11-22(19)37-23/h2-4,7,9,11-12,15,17,20-21,32H,1,5-6,8,10,13-14,16,18H2,(H,29,34)(H,30,33);2-4,7,9,11-12,15,17,20H,1,5-6,8,10,13-14,16,18H2,(H,29,34)(H,30,33)/t;20-/m.1/s1. The molecular weight excluding hydrogens is 1020 g/mol. The summed E-state index contributed by atoms with van der Waals surface area (Å²) in [6, 6.07) is 25.6. The van der Waals surface area contributed by atoms with Crippen LogP contribution in [0.2, 0.25) is 0 Å². The fourth-order valence-electron chi connectivity index (χ4n) is 10.6. The highest BCUT2D eigenvalue weighted by atomic mass is 32.2. The molecule has 2 unspecified atom stereocenters. The number of amides is 4. The molecular formula is C54H62N8O12S2. The fraction of sp³-hybridized carbons (Fsp3) is 0.426. The van der Waals surface area contributed by atoms with Gasteiger partial charge in [0.05, 0.1) is 24.7 Å². The van der Waals surface area contributed by atoms with Crippen molar-refractivity contribution in [1.29, 1.82) is 0 Å². The first-order chi connectivity index (χ1) is 36.6. The van der Waals surface area contributed by atoms with Crippen molar-refractivity contribution in [3.05, 3.63) is 121 Å². The molecule has 0 radical (unpaired) electrons. The molecule has 22 heteroatoms. The molecule has 4 fully saturated rings. The van der Waals surface area contributed by atoms with Crippen LogP contribution in [0.1, 0.15) is 111 Å². The summed E-state index contributed by atoms with van der Waals surface area (Å²) in [5, 5.41) is 24.0. The predicted octanol–water partition coefficient (Wildman–Crippen LogP) is 5.39. The lowest BCUT2D eigenvalue weighted by molar-refractivity contribution is -0.132. The lowest BCUT2D eigenvalue weighted by Crippen LogP contribution is -2.62. The van der Waals surface area contributed by atoms with Crippen molar-refractivity contribution in [2.75, 3.05) is 26.2 Å². The third kappa shape index (κ3) is 11.9. The highest BCUT2D eigenvalue weighted by molar-refractivity contribution is 7.89. The van der Waals surface area contributed by atoms with Crippen molar-refractivity contribution in [3.8, 4) is 0 Å². The Balaban J connectivity index is 0.000000186. The third-order valence-electron chi connectivity index (χ3n) is 14.8. The highest BCUT2D eigenvalue weighted by Crippen LogP contribution is 2.33. The van der Waals surface area contributed by atoms with Crippen molar-refractivity contribution in [3.63, 3.8) is 0 Å². The van der Waals surface area contributed by atoms with Crippen LogP contribution >= 0.6 is 0 Å². The van der Waals surface area contributed by atoms with Gasteiger partial charge in [0.1, 0.15) is 22.2 Å². The number of sulfonamides is 2. The third-order valence-corrected chi connectivity index (χ3v) is 18.3. The Morgan fingerprint density at radius 1 is 0.579 bits per heavy atom. The van der Waals surface area contributed by atoms with Crippen LogP contribution in [0.4, 0.5) is 0 Å². The molecule has 2 aliphatic heterocycles. The van der Waals surface area contributed by atoms with Crippen molar-refractivity contribution < 1.29 is 54.7 Å². The number of nitrogens with one attached hydrogen (secondary N) is 4. The number of Topliss-reactive ketones (excluding diaryl/α,β-unsaturated/α-hetero) is 1. The van der Waals surface area contributed by atoms with E-state index in [4.69, 9.17) is 8.83 Å². The summed E-state index contributed by atoms with van der Waals surface area (Å²) in [7, 11) is -7.82. The van der Waals surface area contributed by atoms with Crippen LogP contribution in [0.5, 0.6) is 0 Å². The number of hydrogen-bond acceptors (Lipinski definition) is 14. The zero-order valence-corrected chi connectivity index (χ0v) is 43.5. The maximum Gasteiger partial charge on any atom is 0.287 e. The van der Waals surface area contributed by atoms with Gasteiger partial charge >= 0.3 is 0 Å². The molecule has 2 aliphatic carbocycles. The van der Waals surface area contributed by atoms with Gasteiger partial charge in [-0.05, 0) is 99.9 Å². The van der Waals surface area contributed by atoms with Gasteiger partial charge in [0.15, 0.2) is 27.4 Å². The summed E-state index contributed by atoms with van der Waals surface area (Å²) in [5.74, 6) is -1.90. The molecule has 2 saturated carbocycles. The highest BCUT2D eigenvalue weighted by Gasteiger charge is 2.46. The minimum Gasteiger partial charge on any atom is -0.451 e. The van der Waals surface area contributed by atoms with E-state index in [-0.39, 0.29) is 53.7 Å². The number of para-hydroxylation sites is 2. The second kappa shape index (κ2) is 23.2. The van der Waals surface area contributed by atoms with Gasteiger partial charge in [-0.1, -0.05) is 87.1 Å². The average molecular weight is 1080 g/mol. The van der Waals surface area contributed by atoms with Gasteiger partial charge in [0.25, 0.3) is 31.9 Å². The number of carbonyl (C=O) groups is 5. The number of aliphatic hydroxyl groups excluding tert-OH is 1.